The Hall–Kier alpha value is -3.40. The fraction of sp³-hybridized carbons (Fsp3) is 0.300. The standard InChI is InChI=1S/C20H17N5O2/c1-4-12-5-6-14-13(9-12)20(26)24-8-7-15(24)17-16(21-10-25(14)17)19-22-18(11(2)3)23-27-19/h1,5-6,9-11,15H,7-8H2,2-3H3/t15-/m0/s1. The van der Waals surface area contributed by atoms with Gasteiger partial charge in [-0.3, -0.25) is 9.36 Å². The summed E-state index contributed by atoms with van der Waals surface area (Å²) < 4.78 is 7.42. The lowest BCUT2D eigenvalue weighted by molar-refractivity contribution is 0.0461. The van der Waals surface area contributed by atoms with E-state index in [0.717, 1.165) is 17.8 Å². The predicted octanol–water partition coefficient (Wildman–Crippen LogP) is 2.93. The molecule has 0 spiro atoms. The van der Waals surface area contributed by atoms with E-state index < -0.39 is 0 Å². The van der Waals surface area contributed by atoms with Crippen molar-refractivity contribution in [3.05, 3.63) is 47.2 Å². The minimum atomic E-state index is -0.0638. The average Bonchev–Trinajstić information content (AvgIpc) is 3.26. The Balaban J connectivity index is 1.72. The van der Waals surface area contributed by atoms with Crippen molar-refractivity contribution in [3.8, 4) is 29.6 Å². The molecule has 7 nitrogen and oxygen atoms in total. The Bertz CT molecular complexity index is 1120. The molecule has 0 unspecified atom stereocenters. The number of fused-ring (bicyclic) bond motifs is 5. The van der Waals surface area contributed by atoms with Crippen LogP contribution in [0.2, 0.25) is 0 Å². The first-order valence-electron chi connectivity index (χ1n) is 8.91. The molecular weight excluding hydrogens is 342 g/mol. The number of benzene rings is 1. The molecule has 0 radical (unpaired) electrons. The molecule has 0 saturated carbocycles. The van der Waals surface area contributed by atoms with E-state index in [1.165, 1.54) is 0 Å². The number of terminal acetylenes is 1. The van der Waals surface area contributed by atoms with E-state index in [1.807, 2.05) is 35.4 Å². The molecule has 1 aromatic carbocycles. The van der Waals surface area contributed by atoms with Crippen LogP contribution in [-0.2, 0) is 0 Å². The van der Waals surface area contributed by atoms with Gasteiger partial charge in [-0.25, -0.2) is 4.98 Å². The van der Waals surface area contributed by atoms with Gasteiger partial charge >= 0.3 is 0 Å². The van der Waals surface area contributed by atoms with Crippen LogP contribution in [0.4, 0.5) is 0 Å². The zero-order valence-corrected chi connectivity index (χ0v) is 15.0. The second-order valence-electron chi connectivity index (χ2n) is 7.14. The highest BCUT2D eigenvalue weighted by atomic mass is 16.5. The van der Waals surface area contributed by atoms with E-state index in [-0.39, 0.29) is 17.9 Å². The lowest BCUT2D eigenvalue weighted by Crippen LogP contribution is -2.44. The molecule has 2 aliphatic rings. The molecule has 2 aliphatic heterocycles. The third-order valence-electron chi connectivity index (χ3n) is 5.21. The van der Waals surface area contributed by atoms with Gasteiger partial charge < -0.3 is 9.42 Å². The summed E-state index contributed by atoms with van der Waals surface area (Å²) in [5.74, 6) is 3.77. The summed E-state index contributed by atoms with van der Waals surface area (Å²) in [6, 6.07) is 5.41. The van der Waals surface area contributed by atoms with Crippen LogP contribution in [0.25, 0.3) is 17.3 Å². The number of imidazole rings is 1. The summed E-state index contributed by atoms with van der Waals surface area (Å²) in [5, 5.41) is 4.05. The Kier molecular flexibility index (Phi) is 3.25. The molecule has 134 valence electrons. The first-order valence-corrected chi connectivity index (χ1v) is 8.91. The number of hydrogen-bond donors (Lipinski definition) is 0. The first-order chi connectivity index (χ1) is 13.1. The smallest absolute Gasteiger partial charge is 0.278 e. The molecule has 4 heterocycles. The molecule has 0 bridgehead atoms. The number of rotatable bonds is 2. The largest absolute Gasteiger partial charge is 0.332 e. The Morgan fingerprint density at radius 2 is 2.22 bits per heavy atom. The van der Waals surface area contributed by atoms with Gasteiger partial charge in [-0.2, -0.15) is 4.98 Å². The van der Waals surface area contributed by atoms with Gasteiger partial charge in [0.25, 0.3) is 11.8 Å². The number of nitrogens with zero attached hydrogens (tertiary/aromatic N) is 5. The molecule has 1 amide bonds. The summed E-state index contributed by atoms with van der Waals surface area (Å²) in [6.07, 6.45) is 8.11. The third-order valence-corrected chi connectivity index (χ3v) is 5.21. The molecule has 2 aromatic heterocycles. The molecule has 1 fully saturated rings. The van der Waals surface area contributed by atoms with E-state index in [9.17, 15) is 4.79 Å². The van der Waals surface area contributed by atoms with Crippen molar-refractivity contribution in [2.24, 2.45) is 0 Å². The monoisotopic (exact) mass is 359 g/mol. The molecule has 1 saturated heterocycles. The van der Waals surface area contributed by atoms with Crippen LogP contribution in [0.15, 0.2) is 29.0 Å². The van der Waals surface area contributed by atoms with Crippen LogP contribution >= 0.6 is 0 Å². The van der Waals surface area contributed by atoms with Gasteiger partial charge in [-0.05, 0) is 24.6 Å². The van der Waals surface area contributed by atoms with Crippen molar-refractivity contribution in [3.63, 3.8) is 0 Å². The van der Waals surface area contributed by atoms with Gasteiger partial charge in [-0.15, -0.1) is 6.42 Å². The van der Waals surface area contributed by atoms with Gasteiger partial charge in [0, 0.05) is 18.0 Å². The number of aromatic nitrogens is 4. The molecular formula is C20H17N5O2. The number of amides is 1. The maximum Gasteiger partial charge on any atom is 0.278 e. The maximum absolute atomic E-state index is 13.0. The Morgan fingerprint density at radius 1 is 1.37 bits per heavy atom. The highest BCUT2D eigenvalue weighted by molar-refractivity contribution is 5.99. The van der Waals surface area contributed by atoms with E-state index in [4.69, 9.17) is 10.9 Å². The van der Waals surface area contributed by atoms with Gasteiger partial charge in [0.2, 0.25) is 0 Å². The minimum absolute atomic E-state index is 0.0126. The lowest BCUT2D eigenvalue weighted by atomic mass is 9.97. The average molecular weight is 359 g/mol. The number of hydrogen-bond acceptors (Lipinski definition) is 5. The molecule has 1 atom stereocenters. The summed E-state index contributed by atoms with van der Waals surface area (Å²) in [5.41, 5.74) is 3.57. The maximum atomic E-state index is 13.0. The Morgan fingerprint density at radius 3 is 2.89 bits per heavy atom. The zero-order valence-electron chi connectivity index (χ0n) is 15.0. The number of carbonyl (C=O) groups is 1. The summed E-state index contributed by atoms with van der Waals surface area (Å²) in [4.78, 5) is 23.9. The van der Waals surface area contributed by atoms with Crippen molar-refractivity contribution in [2.75, 3.05) is 6.54 Å². The second-order valence-corrected chi connectivity index (χ2v) is 7.14. The van der Waals surface area contributed by atoms with Crippen LogP contribution in [0, 0.1) is 12.3 Å². The lowest BCUT2D eigenvalue weighted by Gasteiger charge is -2.39. The van der Waals surface area contributed by atoms with E-state index in [0.29, 0.717) is 35.1 Å². The van der Waals surface area contributed by atoms with Gasteiger partial charge in [-0.1, -0.05) is 24.9 Å². The van der Waals surface area contributed by atoms with Crippen LogP contribution in [0.5, 0.6) is 0 Å². The predicted molar refractivity (Wildman–Crippen MR) is 97.3 cm³/mol. The molecule has 0 N–H and O–H groups in total. The van der Waals surface area contributed by atoms with Crippen molar-refractivity contribution in [1.82, 2.24) is 24.6 Å². The minimum Gasteiger partial charge on any atom is -0.332 e. The molecule has 27 heavy (non-hydrogen) atoms. The summed E-state index contributed by atoms with van der Waals surface area (Å²) in [6.45, 7) is 4.72. The van der Waals surface area contributed by atoms with Crippen LogP contribution in [-0.4, -0.2) is 37.0 Å². The SMILES string of the molecule is C#Cc1ccc2c(c1)C(=O)N1CC[C@H]1c1c(-c3nc(C(C)C)no3)ncn1-2. The van der Waals surface area contributed by atoms with Crippen LogP contribution < -0.4 is 0 Å². The molecule has 3 aromatic rings. The summed E-state index contributed by atoms with van der Waals surface area (Å²) >= 11 is 0. The van der Waals surface area contributed by atoms with Crippen molar-refractivity contribution in [1.29, 1.82) is 0 Å². The van der Waals surface area contributed by atoms with Crippen molar-refractivity contribution in [2.45, 2.75) is 32.2 Å². The van der Waals surface area contributed by atoms with Crippen LogP contribution in [0.3, 0.4) is 0 Å². The van der Waals surface area contributed by atoms with Crippen molar-refractivity contribution >= 4 is 5.91 Å². The molecule has 0 aliphatic carbocycles. The van der Waals surface area contributed by atoms with Gasteiger partial charge in [0.15, 0.2) is 11.5 Å². The highest BCUT2D eigenvalue weighted by Gasteiger charge is 2.42. The number of carbonyl (C=O) groups excluding carboxylic acids is 1. The normalized spacial score (nSPS) is 17.6. The molecule has 7 heteroatoms. The van der Waals surface area contributed by atoms with E-state index in [1.54, 1.807) is 12.4 Å². The Labute approximate surface area is 156 Å². The van der Waals surface area contributed by atoms with Crippen molar-refractivity contribution < 1.29 is 9.32 Å². The third kappa shape index (κ3) is 2.16. The van der Waals surface area contributed by atoms with Crippen LogP contribution in [0.1, 0.15) is 59.7 Å². The summed E-state index contributed by atoms with van der Waals surface area (Å²) in [7, 11) is 0. The quantitative estimate of drug-likeness (QED) is 0.658. The molecule has 5 rings (SSSR count). The first kappa shape index (κ1) is 15.8. The zero-order chi connectivity index (χ0) is 18.7. The highest BCUT2D eigenvalue weighted by Crippen LogP contribution is 2.43. The fourth-order valence-corrected chi connectivity index (χ4v) is 3.68. The fourth-order valence-electron chi connectivity index (χ4n) is 3.68. The topological polar surface area (TPSA) is 77.1 Å². The van der Waals surface area contributed by atoms with Gasteiger partial charge in [0.05, 0.1) is 23.0 Å². The van der Waals surface area contributed by atoms with E-state index >= 15 is 0 Å². The van der Waals surface area contributed by atoms with E-state index in [2.05, 4.69) is 21.0 Å². The van der Waals surface area contributed by atoms with Gasteiger partial charge in [0.1, 0.15) is 6.33 Å². The second kappa shape index (κ2) is 5.55.